The summed E-state index contributed by atoms with van der Waals surface area (Å²) in [6.45, 7) is 4.26. The first-order valence-corrected chi connectivity index (χ1v) is 7.56. The number of halogens is 1. The van der Waals surface area contributed by atoms with Gasteiger partial charge in [0.2, 0.25) is 5.91 Å². The van der Waals surface area contributed by atoms with Crippen molar-refractivity contribution in [3.8, 4) is 0 Å². The molecule has 1 aromatic heterocycles. The van der Waals surface area contributed by atoms with Crippen molar-refractivity contribution < 1.29 is 9.18 Å². The highest BCUT2D eigenvalue weighted by molar-refractivity contribution is 5.89. The van der Waals surface area contributed by atoms with Crippen LogP contribution in [0.25, 0.3) is 10.9 Å². The summed E-state index contributed by atoms with van der Waals surface area (Å²) in [5, 5.41) is 3.60. The highest BCUT2D eigenvalue weighted by Gasteiger charge is 2.21. The van der Waals surface area contributed by atoms with Crippen LogP contribution in [0.5, 0.6) is 0 Å². The van der Waals surface area contributed by atoms with E-state index in [1.54, 1.807) is 12.1 Å². The first-order valence-electron chi connectivity index (χ1n) is 7.56. The number of likely N-dealkylation sites (tertiary alicyclic amines) is 1. The summed E-state index contributed by atoms with van der Waals surface area (Å²) in [7, 11) is 0. The van der Waals surface area contributed by atoms with Gasteiger partial charge in [-0.15, -0.1) is 0 Å². The molecule has 0 aliphatic carbocycles. The largest absolute Gasteiger partial charge is 0.369 e. The van der Waals surface area contributed by atoms with E-state index < -0.39 is 0 Å². The Balaban J connectivity index is 1.67. The zero-order chi connectivity index (χ0) is 15.5. The third-order valence-corrected chi connectivity index (χ3v) is 3.93. The molecule has 1 fully saturated rings. The number of rotatable bonds is 5. The fraction of sp³-hybridized carbons (Fsp3) is 0.438. The molecule has 2 heterocycles. The van der Waals surface area contributed by atoms with Crippen molar-refractivity contribution in [2.24, 2.45) is 5.92 Å². The highest BCUT2D eigenvalue weighted by atomic mass is 19.1. The van der Waals surface area contributed by atoms with Crippen molar-refractivity contribution in [1.82, 2.24) is 14.9 Å². The number of fused-ring (bicyclic) bond motifs is 1. The minimum Gasteiger partial charge on any atom is -0.369 e. The first kappa shape index (κ1) is 14.7. The minimum absolute atomic E-state index is 0.227. The Bertz CT molecular complexity index is 686. The molecule has 0 bridgehead atoms. The lowest BCUT2D eigenvalue weighted by Crippen LogP contribution is -2.32. The van der Waals surface area contributed by atoms with Crippen molar-refractivity contribution in [2.45, 2.75) is 19.8 Å². The molecule has 6 heteroatoms. The third-order valence-electron chi connectivity index (χ3n) is 3.93. The van der Waals surface area contributed by atoms with E-state index in [1.807, 2.05) is 4.90 Å². The number of hydrogen-bond donors (Lipinski definition) is 1. The Kier molecular flexibility index (Phi) is 4.18. The van der Waals surface area contributed by atoms with Gasteiger partial charge >= 0.3 is 0 Å². The van der Waals surface area contributed by atoms with E-state index in [0.717, 1.165) is 19.5 Å². The second-order valence-corrected chi connectivity index (χ2v) is 5.79. The molecule has 1 atom stereocenters. The van der Waals surface area contributed by atoms with E-state index in [1.165, 1.54) is 12.4 Å². The van der Waals surface area contributed by atoms with E-state index in [2.05, 4.69) is 22.2 Å². The number of hydrogen-bond acceptors (Lipinski definition) is 4. The van der Waals surface area contributed by atoms with E-state index in [4.69, 9.17) is 0 Å². The molecule has 0 spiro atoms. The SMILES string of the molecule is CC(CNc1ncnc2cccc(F)c12)CN1CCCC1=O. The highest BCUT2D eigenvalue weighted by Crippen LogP contribution is 2.22. The Morgan fingerprint density at radius 3 is 3.05 bits per heavy atom. The van der Waals surface area contributed by atoms with E-state index in [-0.39, 0.29) is 17.6 Å². The molecule has 2 aromatic rings. The maximum absolute atomic E-state index is 14.0. The van der Waals surface area contributed by atoms with Crippen LogP contribution in [-0.4, -0.2) is 40.4 Å². The Morgan fingerprint density at radius 1 is 1.41 bits per heavy atom. The number of amides is 1. The molecule has 1 aliphatic rings. The van der Waals surface area contributed by atoms with Gasteiger partial charge < -0.3 is 10.2 Å². The van der Waals surface area contributed by atoms with E-state index in [9.17, 15) is 9.18 Å². The Morgan fingerprint density at radius 2 is 2.27 bits per heavy atom. The fourth-order valence-electron chi connectivity index (χ4n) is 2.81. The molecule has 116 valence electrons. The van der Waals surface area contributed by atoms with Crippen LogP contribution >= 0.6 is 0 Å². The number of nitrogens with zero attached hydrogens (tertiary/aromatic N) is 3. The Hall–Kier alpha value is -2.24. The summed E-state index contributed by atoms with van der Waals surface area (Å²) in [6, 6.07) is 4.80. The van der Waals surface area contributed by atoms with Gasteiger partial charge in [-0.25, -0.2) is 14.4 Å². The molecule has 0 saturated carbocycles. The quantitative estimate of drug-likeness (QED) is 0.921. The minimum atomic E-state index is -0.331. The zero-order valence-corrected chi connectivity index (χ0v) is 12.6. The van der Waals surface area contributed by atoms with Crippen molar-refractivity contribution in [1.29, 1.82) is 0 Å². The number of carbonyl (C=O) groups excluding carboxylic acids is 1. The standard InChI is InChI=1S/C16H19FN4O/c1-11(9-21-7-3-6-14(21)22)8-18-16-15-12(17)4-2-5-13(15)19-10-20-16/h2,4-5,10-11H,3,6-9H2,1H3,(H,18,19,20). The molecule has 1 unspecified atom stereocenters. The van der Waals surface area contributed by atoms with E-state index >= 15 is 0 Å². The lowest BCUT2D eigenvalue weighted by atomic mass is 10.1. The molecule has 1 amide bonds. The maximum Gasteiger partial charge on any atom is 0.222 e. The van der Waals surface area contributed by atoms with Gasteiger partial charge in [0.1, 0.15) is 18.0 Å². The predicted molar refractivity (Wildman–Crippen MR) is 83.0 cm³/mol. The van der Waals surface area contributed by atoms with Gasteiger partial charge in [-0.3, -0.25) is 4.79 Å². The monoisotopic (exact) mass is 302 g/mol. The van der Waals surface area contributed by atoms with Crippen LogP contribution in [0.2, 0.25) is 0 Å². The Labute approximate surface area is 128 Å². The number of benzene rings is 1. The van der Waals surface area contributed by atoms with Gasteiger partial charge in [-0.1, -0.05) is 13.0 Å². The second kappa shape index (κ2) is 6.25. The van der Waals surface area contributed by atoms with Crippen LogP contribution in [0.3, 0.4) is 0 Å². The van der Waals surface area contributed by atoms with Gasteiger partial charge in [0.15, 0.2) is 0 Å². The molecule has 1 saturated heterocycles. The third kappa shape index (κ3) is 3.00. The molecular formula is C16H19FN4O. The molecular weight excluding hydrogens is 283 g/mol. The van der Waals surface area contributed by atoms with Crippen LogP contribution < -0.4 is 5.32 Å². The molecule has 3 rings (SSSR count). The summed E-state index contributed by atoms with van der Waals surface area (Å²) in [5.74, 6) is 0.662. The molecule has 22 heavy (non-hydrogen) atoms. The smallest absolute Gasteiger partial charge is 0.222 e. The summed E-state index contributed by atoms with van der Waals surface area (Å²) in [6.07, 6.45) is 3.03. The fourth-order valence-corrected chi connectivity index (χ4v) is 2.81. The number of aromatic nitrogens is 2. The van der Waals surface area contributed by atoms with Gasteiger partial charge in [-0.2, -0.15) is 0 Å². The zero-order valence-electron chi connectivity index (χ0n) is 12.6. The summed E-state index contributed by atoms with van der Waals surface area (Å²) < 4.78 is 14.0. The molecule has 1 N–H and O–H groups in total. The normalized spacial score (nSPS) is 16.3. The van der Waals surface area contributed by atoms with Crippen molar-refractivity contribution in [3.63, 3.8) is 0 Å². The summed E-state index contributed by atoms with van der Waals surface area (Å²) in [5.41, 5.74) is 0.583. The average Bonchev–Trinajstić information content (AvgIpc) is 2.90. The van der Waals surface area contributed by atoms with Crippen LogP contribution in [0.1, 0.15) is 19.8 Å². The van der Waals surface area contributed by atoms with Crippen LogP contribution in [0, 0.1) is 11.7 Å². The first-order chi connectivity index (χ1) is 10.6. The molecule has 1 aliphatic heterocycles. The topological polar surface area (TPSA) is 58.1 Å². The van der Waals surface area contributed by atoms with Gasteiger partial charge in [-0.05, 0) is 24.5 Å². The van der Waals surface area contributed by atoms with Crippen molar-refractivity contribution in [2.75, 3.05) is 25.0 Å². The van der Waals surface area contributed by atoms with Gasteiger partial charge in [0.25, 0.3) is 0 Å². The average molecular weight is 302 g/mol. The van der Waals surface area contributed by atoms with Crippen molar-refractivity contribution >= 4 is 22.6 Å². The summed E-state index contributed by atoms with van der Waals surface area (Å²) >= 11 is 0. The molecule has 1 aromatic carbocycles. The summed E-state index contributed by atoms with van der Waals surface area (Å²) in [4.78, 5) is 21.8. The van der Waals surface area contributed by atoms with Gasteiger partial charge in [0, 0.05) is 26.1 Å². The lowest BCUT2D eigenvalue weighted by molar-refractivity contribution is -0.128. The molecule has 0 radical (unpaired) electrons. The predicted octanol–water partition coefficient (Wildman–Crippen LogP) is 2.44. The second-order valence-electron chi connectivity index (χ2n) is 5.79. The van der Waals surface area contributed by atoms with Crippen LogP contribution in [0.15, 0.2) is 24.5 Å². The van der Waals surface area contributed by atoms with Crippen LogP contribution in [0.4, 0.5) is 10.2 Å². The maximum atomic E-state index is 14.0. The van der Waals surface area contributed by atoms with Crippen molar-refractivity contribution in [3.05, 3.63) is 30.3 Å². The van der Waals surface area contributed by atoms with Gasteiger partial charge in [0.05, 0.1) is 10.9 Å². The lowest BCUT2D eigenvalue weighted by Gasteiger charge is -2.21. The van der Waals surface area contributed by atoms with Crippen LogP contribution in [-0.2, 0) is 4.79 Å². The number of carbonyl (C=O) groups is 1. The molecule has 5 nitrogen and oxygen atoms in total. The number of anilines is 1. The van der Waals surface area contributed by atoms with E-state index in [0.29, 0.717) is 29.7 Å². The number of nitrogens with one attached hydrogen (secondary N) is 1.